The van der Waals surface area contributed by atoms with Crippen molar-refractivity contribution in [3.63, 3.8) is 0 Å². The average molecular weight is 246 g/mol. The van der Waals surface area contributed by atoms with Crippen LogP contribution in [0.3, 0.4) is 0 Å². The summed E-state index contributed by atoms with van der Waals surface area (Å²) in [5.41, 5.74) is 0.857. The van der Waals surface area contributed by atoms with Crippen LogP contribution in [0, 0.1) is 5.92 Å². The Bertz CT molecular complexity index is 551. The van der Waals surface area contributed by atoms with Crippen molar-refractivity contribution in [2.45, 2.75) is 12.8 Å². The number of hydrogen-bond acceptors (Lipinski definition) is 4. The molecule has 5 heteroatoms. The zero-order valence-electron chi connectivity index (χ0n) is 10.8. The van der Waals surface area contributed by atoms with E-state index in [1.165, 1.54) is 13.0 Å². The van der Waals surface area contributed by atoms with Gasteiger partial charge in [0.25, 0.3) is 0 Å². The summed E-state index contributed by atoms with van der Waals surface area (Å²) in [5, 5.41) is 8.51. The Balaban J connectivity index is 1.84. The highest BCUT2D eigenvalue weighted by Gasteiger charge is 2.21. The number of nitrogens with zero attached hydrogens (tertiary/aromatic N) is 4. The number of rotatable bonds is 3. The van der Waals surface area contributed by atoms with Crippen molar-refractivity contribution in [1.29, 1.82) is 0 Å². The molecule has 1 fully saturated rings. The van der Waals surface area contributed by atoms with E-state index < -0.39 is 0 Å². The van der Waals surface area contributed by atoms with Crippen molar-refractivity contribution in [2.24, 2.45) is 5.92 Å². The average Bonchev–Trinajstić information content (AvgIpc) is 2.96. The van der Waals surface area contributed by atoms with Gasteiger partial charge in [-0.25, -0.2) is 0 Å². The number of methoxy groups -OCH3 is 1. The Morgan fingerprint density at radius 1 is 1.44 bits per heavy atom. The molecule has 5 nitrogen and oxygen atoms in total. The number of hydrogen-bond donors (Lipinski definition) is 0. The summed E-state index contributed by atoms with van der Waals surface area (Å²) in [4.78, 5) is 2.37. The lowest BCUT2D eigenvalue weighted by atomic mass is 10.0. The van der Waals surface area contributed by atoms with Crippen LogP contribution >= 0.6 is 0 Å². The summed E-state index contributed by atoms with van der Waals surface area (Å²) in [6.45, 7) is 2.35. The smallest absolute Gasteiger partial charge is 0.164 e. The van der Waals surface area contributed by atoms with E-state index in [0.717, 1.165) is 30.2 Å². The Morgan fingerprint density at radius 3 is 3.06 bits per heavy atom. The molecular formula is C13H18N4O. The van der Waals surface area contributed by atoms with Crippen LogP contribution in [0.15, 0.2) is 18.3 Å². The van der Waals surface area contributed by atoms with E-state index in [0.29, 0.717) is 5.92 Å². The van der Waals surface area contributed by atoms with Gasteiger partial charge in [-0.3, -0.25) is 4.40 Å². The third kappa shape index (κ3) is 2.06. The molecule has 0 spiro atoms. The SMILES string of the molecule is COc1ccn2c(CC3CCN(C)C3)nnc2c1. The molecule has 0 radical (unpaired) electrons. The van der Waals surface area contributed by atoms with Crippen molar-refractivity contribution >= 4 is 5.65 Å². The third-order valence-corrected chi connectivity index (χ3v) is 3.65. The van der Waals surface area contributed by atoms with Crippen LogP contribution in [-0.4, -0.2) is 46.7 Å². The predicted octanol–water partition coefficient (Wildman–Crippen LogP) is 1.23. The Labute approximate surface area is 106 Å². The van der Waals surface area contributed by atoms with E-state index in [4.69, 9.17) is 4.74 Å². The highest BCUT2D eigenvalue weighted by Crippen LogP contribution is 2.20. The minimum absolute atomic E-state index is 0.699. The molecule has 1 atom stereocenters. The number of aromatic nitrogens is 3. The van der Waals surface area contributed by atoms with Crippen molar-refractivity contribution in [3.8, 4) is 5.75 Å². The normalized spacial score (nSPS) is 20.7. The molecule has 0 N–H and O–H groups in total. The quantitative estimate of drug-likeness (QED) is 0.817. The van der Waals surface area contributed by atoms with Gasteiger partial charge >= 0.3 is 0 Å². The molecule has 3 heterocycles. The van der Waals surface area contributed by atoms with Gasteiger partial charge in [-0.2, -0.15) is 0 Å². The zero-order chi connectivity index (χ0) is 12.5. The van der Waals surface area contributed by atoms with E-state index in [9.17, 15) is 0 Å². The summed E-state index contributed by atoms with van der Waals surface area (Å²) < 4.78 is 7.25. The van der Waals surface area contributed by atoms with Gasteiger partial charge < -0.3 is 9.64 Å². The lowest BCUT2D eigenvalue weighted by Crippen LogP contribution is -2.15. The summed E-state index contributed by atoms with van der Waals surface area (Å²) in [6, 6.07) is 3.86. The van der Waals surface area contributed by atoms with Crippen LogP contribution in [0.2, 0.25) is 0 Å². The first-order valence-electron chi connectivity index (χ1n) is 6.32. The standard InChI is InChI=1S/C13H18N4O/c1-16-5-3-10(9-16)7-12-14-15-13-8-11(18-2)4-6-17(12)13/h4,6,8,10H,3,5,7,9H2,1-2H3. The highest BCUT2D eigenvalue weighted by atomic mass is 16.5. The van der Waals surface area contributed by atoms with Crippen molar-refractivity contribution in [1.82, 2.24) is 19.5 Å². The monoisotopic (exact) mass is 246 g/mol. The lowest BCUT2D eigenvalue weighted by molar-refractivity contribution is 0.392. The molecule has 3 rings (SSSR count). The van der Waals surface area contributed by atoms with Crippen LogP contribution in [-0.2, 0) is 6.42 Å². The minimum Gasteiger partial charge on any atom is -0.497 e. The molecule has 2 aromatic rings. The molecule has 1 aliphatic heterocycles. The van der Waals surface area contributed by atoms with Gasteiger partial charge in [0.15, 0.2) is 5.65 Å². The molecule has 0 saturated carbocycles. The van der Waals surface area contributed by atoms with Gasteiger partial charge in [0.2, 0.25) is 0 Å². The summed E-state index contributed by atoms with van der Waals surface area (Å²) >= 11 is 0. The maximum Gasteiger partial charge on any atom is 0.164 e. The van der Waals surface area contributed by atoms with Crippen LogP contribution < -0.4 is 4.74 Å². The van der Waals surface area contributed by atoms with Gasteiger partial charge in [-0.05, 0) is 32.0 Å². The molecule has 2 aromatic heterocycles. The molecule has 1 aliphatic rings. The molecule has 0 amide bonds. The number of likely N-dealkylation sites (tertiary alicyclic amines) is 1. The first-order chi connectivity index (χ1) is 8.76. The van der Waals surface area contributed by atoms with Gasteiger partial charge in [-0.1, -0.05) is 0 Å². The summed E-state index contributed by atoms with van der Waals surface area (Å²) in [5.74, 6) is 2.57. The first-order valence-corrected chi connectivity index (χ1v) is 6.32. The maximum atomic E-state index is 5.19. The largest absolute Gasteiger partial charge is 0.497 e. The van der Waals surface area contributed by atoms with E-state index in [1.807, 2.05) is 18.3 Å². The van der Waals surface area contributed by atoms with Crippen molar-refractivity contribution < 1.29 is 4.74 Å². The summed E-state index contributed by atoms with van der Waals surface area (Å²) in [6.07, 6.45) is 4.24. The van der Waals surface area contributed by atoms with Gasteiger partial charge in [-0.15, -0.1) is 10.2 Å². The van der Waals surface area contributed by atoms with E-state index in [1.54, 1.807) is 7.11 Å². The van der Waals surface area contributed by atoms with E-state index >= 15 is 0 Å². The van der Waals surface area contributed by atoms with Gasteiger partial charge in [0.05, 0.1) is 7.11 Å². The van der Waals surface area contributed by atoms with Crippen molar-refractivity contribution in [2.75, 3.05) is 27.2 Å². The second kappa shape index (κ2) is 4.57. The molecule has 96 valence electrons. The molecular weight excluding hydrogens is 228 g/mol. The van der Waals surface area contributed by atoms with Crippen molar-refractivity contribution in [3.05, 3.63) is 24.2 Å². The fourth-order valence-electron chi connectivity index (χ4n) is 2.64. The van der Waals surface area contributed by atoms with Crippen LogP contribution in [0.5, 0.6) is 5.75 Å². The molecule has 0 aliphatic carbocycles. The van der Waals surface area contributed by atoms with Gasteiger partial charge in [0, 0.05) is 25.2 Å². The highest BCUT2D eigenvalue weighted by molar-refractivity contribution is 5.44. The number of pyridine rings is 1. The van der Waals surface area contributed by atoms with Crippen LogP contribution in [0.4, 0.5) is 0 Å². The fourth-order valence-corrected chi connectivity index (χ4v) is 2.64. The molecule has 18 heavy (non-hydrogen) atoms. The predicted molar refractivity (Wildman–Crippen MR) is 68.8 cm³/mol. The molecule has 0 bridgehead atoms. The Kier molecular flexibility index (Phi) is 2.91. The molecule has 1 unspecified atom stereocenters. The van der Waals surface area contributed by atoms with Crippen LogP contribution in [0.1, 0.15) is 12.2 Å². The second-order valence-electron chi connectivity index (χ2n) is 5.03. The topological polar surface area (TPSA) is 42.7 Å². The lowest BCUT2D eigenvalue weighted by Gasteiger charge is -2.09. The minimum atomic E-state index is 0.699. The number of fused-ring (bicyclic) bond motifs is 1. The maximum absolute atomic E-state index is 5.19. The second-order valence-corrected chi connectivity index (χ2v) is 5.03. The third-order valence-electron chi connectivity index (χ3n) is 3.65. The van der Waals surface area contributed by atoms with E-state index in [-0.39, 0.29) is 0 Å². The Morgan fingerprint density at radius 2 is 2.33 bits per heavy atom. The van der Waals surface area contributed by atoms with Crippen LogP contribution in [0.25, 0.3) is 5.65 Å². The Hall–Kier alpha value is -1.62. The van der Waals surface area contributed by atoms with Gasteiger partial charge in [0.1, 0.15) is 11.6 Å². The summed E-state index contributed by atoms with van der Waals surface area (Å²) in [7, 11) is 3.84. The fraction of sp³-hybridized carbons (Fsp3) is 0.538. The van der Waals surface area contributed by atoms with E-state index in [2.05, 4.69) is 26.5 Å². The molecule has 1 saturated heterocycles. The molecule has 0 aromatic carbocycles. The number of ether oxygens (including phenoxy) is 1. The zero-order valence-corrected chi connectivity index (χ0v) is 10.8. The first kappa shape index (κ1) is 11.5.